The lowest BCUT2D eigenvalue weighted by molar-refractivity contribution is -0.113. The van der Waals surface area contributed by atoms with Gasteiger partial charge in [-0.2, -0.15) is 0 Å². The Balaban J connectivity index is 1.85. The van der Waals surface area contributed by atoms with Crippen molar-refractivity contribution in [2.45, 2.75) is 6.54 Å². The van der Waals surface area contributed by atoms with Crippen LogP contribution in [0, 0.1) is 10.8 Å². The van der Waals surface area contributed by atoms with Crippen molar-refractivity contribution < 1.29 is 4.79 Å². The third-order valence-electron chi connectivity index (χ3n) is 4.18. The van der Waals surface area contributed by atoms with E-state index in [0.717, 1.165) is 11.3 Å². The second-order valence-corrected chi connectivity index (χ2v) is 6.05. The molecule has 2 N–H and O–H groups in total. The number of amides is 1. The number of hydrogen-bond donors (Lipinski definition) is 2. The molecule has 25 heavy (non-hydrogen) atoms. The number of benzene rings is 2. The van der Waals surface area contributed by atoms with Gasteiger partial charge in [-0.05, 0) is 17.7 Å². The SMILES string of the molecule is N=C1N=NC(=N)C1=C1C(=O)N(Cc2ccccc2Cl)c2ccccc21. The van der Waals surface area contributed by atoms with Gasteiger partial charge in [-0.3, -0.25) is 15.6 Å². The Bertz CT molecular complexity index is 988. The molecule has 6 nitrogen and oxygen atoms in total. The van der Waals surface area contributed by atoms with Gasteiger partial charge in [-0.1, -0.05) is 48.0 Å². The first kappa shape index (κ1) is 15.4. The second-order valence-electron chi connectivity index (χ2n) is 5.65. The van der Waals surface area contributed by atoms with Crippen LogP contribution in [0.15, 0.2) is 64.3 Å². The highest BCUT2D eigenvalue weighted by atomic mass is 35.5. The molecule has 0 spiro atoms. The normalized spacial score (nSPS) is 16.2. The lowest BCUT2D eigenvalue weighted by Crippen LogP contribution is -2.26. The first-order valence-corrected chi connectivity index (χ1v) is 7.94. The first-order valence-electron chi connectivity index (χ1n) is 7.56. The molecule has 0 unspecified atom stereocenters. The summed E-state index contributed by atoms with van der Waals surface area (Å²) in [6.07, 6.45) is 0. The van der Waals surface area contributed by atoms with Crippen LogP contribution < -0.4 is 4.90 Å². The van der Waals surface area contributed by atoms with E-state index in [0.29, 0.717) is 22.7 Å². The standard InChI is InChI=1S/C18H12ClN5O/c19-12-7-3-1-5-10(12)9-24-13-8-4-2-6-11(13)14(18(24)25)15-16(20)22-23-17(15)21/h1-8,20-21H,9H2. The van der Waals surface area contributed by atoms with Gasteiger partial charge in [0.25, 0.3) is 5.91 Å². The third kappa shape index (κ3) is 2.38. The van der Waals surface area contributed by atoms with E-state index >= 15 is 0 Å². The summed E-state index contributed by atoms with van der Waals surface area (Å²) in [6, 6.07) is 14.7. The molecular weight excluding hydrogens is 338 g/mol. The molecule has 0 aromatic heterocycles. The number of fused-ring (bicyclic) bond motifs is 1. The zero-order valence-electron chi connectivity index (χ0n) is 13.0. The summed E-state index contributed by atoms with van der Waals surface area (Å²) in [6.45, 7) is 0.307. The molecule has 0 aliphatic carbocycles. The molecule has 0 saturated heterocycles. The number of nitrogens with zero attached hydrogens (tertiary/aromatic N) is 3. The number of para-hydroxylation sites is 1. The van der Waals surface area contributed by atoms with Gasteiger partial charge >= 0.3 is 0 Å². The fourth-order valence-electron chi connectivity index (χ4n) is 3.02. The number of carbonyl (C=O) groups excluding carboxylic acids is 1. The van der Waals surface area contributed by atoms with Crippen LogP contribution in [0.25, 0.3) is 5.57 Å². The minimum atomic E-state index is -0.280. The summed E-state index contributed by atoms with van der Waals surface area (Å²) in [5.41, 5.74) is 2.69. The molecule has 2 aromatic carbocycles. The predicted molar refractivity (Wildman–Crippen MR) is 96.3 cm³/mol. The Hall–Kier alpha value is -3.12. The average molecular weight is 350 g/mol. The van der Waals surface area contributed by atoms with Crippen LogP contribution >= 0.6 is 11.6 Å². The van der Waals surface area contributed by atoms with E-state index in [1.54, 1.807) is 17.0 Å². The number of anilines is 1. The zero-order valence-corrected chi connectivity index (χ0v) is 13.7. The van der Waals surface area contributed by atoms with Gasteiger partial charge in [0.05, 0.1) is 23.4 Å². The summed E-state index contributed by atoms with van der Waals surface area (Å²) in [5.74, 6) is -0.608. The molecule has 2 aliphatic rings. The summed E-state index contributed by atoms with van der Waals surface area (Å²) in [4.78, 5) is 14.7. The zero-order chi connectivity index (χ0) is 17.6. The van der Waals surface area contributed by atoms with Crippen LogP contribution in [-0.4, -0.2) is 17.6 Å². The Morgan fingerprint density at radius 3 is 2.28 bits per heavy atom. The van der Waals surface area contributed by atoms with Crippen LogP contribution in [0.1, 0.15) is 11.1 Å². The lowest BCUT2D eigenvalue weighted by atomic mass is 10.0. The van der Waals surface area contributed by atoms with E-state index in [1.807, 2.05) is 36.4 Å². The van der Waals surface area contributed by atoms with E-state index in [9.17, 15) is 4.79 Å². The molecule has 2 aliphatic heterocycles. The monoisotopic (exact) mass is 349 g/mol. The van der Waals surface area contributed by atoms with Gasteiger partial charge in [-0.25, -0.2) is 0 Å². The van der Waals surface area contributed by atoms with Crippen molar-refractivity contribution in [1.29, 1.82) is 10.8 Å². The molecule has 4 rings (SSSR count). The van der Waals surface area contributed by atoms with E-state index in [4.69, 9.17) is 22.4 Å². The Morgan fingerprint density at radius 1 is 0.920 bits per heavy atom. The van der Waals surface area contributed by atoms with Gasteiger partial charge in [0.15, 0.2) is 11.7 Å². The van der Waals surface area contributed by atoms with E-state index in [2.05, 4.69) is 10.2 Å². The van der Waals surface area contributed by atoms with Gasteiger partial charge in [0, 0.05) is 10.6 Å². The molecule has 1 amide bonds. The van der Waals surface area contributed by atoms with Crippen molar-refractivity contribution in [1.82, 2.24) is 0 Å². The van der Waals surface area contributed by atoms with Gasteiger partial charge < -0.3 is 4.90 Å². The van der Waals surface area contributed by atoms with Gasteiger partial charge in [0.2, 0.25) is 0 Å². The number of amidine groups is 2. The van der Waals surface area contributed by atoms with Crippen LogP contribution in [0.5, 0.6) is 0 Å². The maximum Gasteiger partial charge on any atom is 0.260 e. The van der Waals surface area contributed by atoms with Crippen LogP contribution in [0.3, 0.4) is 0 Å². The molecule has 2 aromatic rings. The highest BCUT2D eigenvalue weighted by Crippen LogP contribution is 2.40. The number of nitrogens with one attached hydrogen (secondary N) is 2. The van der Waals surface area contributed by atoms with E-state index in [-0.39, 0.29) is 23.2 Å². The van der Waals surface area contributed by atoms with Gasteiger partial charge in [0.1, 0.15) is 0 Å². The molecular formula is C18H12ClN5O. The number of rotatable bonds is 2. The molecule has 0 atom stereocenters. The average Bonchev–Trinajstić information content (AvgIpc) is 3.07. The summed E-state index contributed by atoms with van der Waals surface area (Å²) in [7, 11) is 0. The van der Waals surface area contributed by atoms with Crippen LogP contribution in [-0.2, 0) is 11.3 Å². The molecule has 0 saturated carbocycles. The molecule has 7 heteroatoms. The minimum Gasteiger partial charge on any atom is -0.303 e. The molecule has 0 radical (unpaired) electrons. The van der Waals surface area contributed by atoms with E-state index < -0.39 is 0 Å². The van der Waals surface area contributed by atoms with Crippen molar-refractivity contribution in [2.24, 2.45) is 10.2 Å². The summed E-state index contributed by atoms with van der Waals surface area (Å²) >= 11 is 6.24. The molecule has 2 heterocycles. The topological polar surface area (TPSA) is 92.7 Å². The van der Waals surface area contributed by atoms with Crippen molar-refractivity contribution >= 4 is 40.4 Å². The number of hydrogen-bond acceptors (Lipinski definition) is 3. The molecule has 0 fully saturated rings. The maximum atomic E-state index is 13.1. The highest BCUT2D eigenvalue weighted by Gasteiger charge is 2.38. The first-order chi connectivity index (χ1) is 12.1. The summed E-state index contributed by atoms with van der Waals surface area (Å²) < 4.78 is 0. The van der Waals surface area contributed by atoms with E-state index in [1.165, 1.54) is 0 Å². The maximum absolute atomic E-state index is 13.1. The minimum absolute atomic E-state index is 0.164. The summed E-state index contributed by atoms with van der Waals surface area (Å²) in [5, 5.41) is 23.6. The van der Waals surface area contributed by atoms with Crippen molar-refractivity contribution in [3.8, 4) is 0 Å². The number of halogens is 1. The molecule has 122 valence electrons. The quantitative estimate of drug-likeness (QED) is 0.786. The van der Waals surface area contributed by atoms with Gasteiger partial charge in [-0.15, -0.1) is 10.2 Å². The Morgan fingerprint density at radius 2 is 1.56 bits per heavy atom. The smallest absolute Gasteiger partial charge is 0.260 e. The fourth-order valence-corrected chi connectivity index (χ4v) is 3.22. The highest BCUT2D eigenvalue weighted by molar-refractivity contribution is 6.43. The molecule has 0 bridgehead atoms. The largest absolute Gasteiger partial charge is 0.303 e. The fraction of sp³-hybridized carbons (Fsp3) is 0.0556. The Kier molecular flexibility index (Phi) is 3.54. The number of azo groups is 1. The predicted octanol–water partition coefficient (Wildman–Crippen LogP) is 4.06. The van der Waals surface area contributed by atoms with Crippen molar-refractivity contribution in [3.05, 3.63) is 70.3 Å². The second kappa shape index (κ2) is 5.75. The Labute approximate surface area is 148 Å². The van der Waals surface area contributed by atoms with Crippen molar-refractivity contribution in [3.63, 3.8) is 0 Å². The van der Waals surface area contributed by atoms with Crippen LogP contribution in [0.2, 0.25) is 5.02 Å². The lowest BCUT2D eigenvalue weighted by Gasteiger charge is -2.18. The van der Waals surface area contributed by atoms with Crippen LogP contribution in [0.4, 0.5) is 5.69 Å². The number of carbonyl (C=O) groups is 1. The van der Waals surface area contributed by atoms with Crippen molar-refractivity contribution in [2.75, 3.05) is 4.90 Å². The third-order valence-corrected chi connectivity index (χ3v) is 4.55.